The highest BCUT2D eigenvalue weighted by Gasteiger charge is 1.97. The molecule has 0 radical (unpaired) electrons. The molecular formula is C5H7NO2S. The van der Waals surface area contributed by atoms with E-state index < -0.39 is 0 Å². The second-order valence-electron chi connectivity index (χ2n) is 1.36. The largest absolute Gasteiger partial charge is 0.480 e. The molecule has 0 fully saturated rings. The Morgan fingerprint density at radius 1 is 1.44 bits per heavy atom. The SMILES string of the molecule is COc1csc(OC)n1. The van der Waals surface area contributed by atoms with Crippen molar-refractivity contribution in [1.29, 1.82) is 0 Å². The number of hydrogen-bond donors (Lipinski definition) is 0. The predicted octanol–water partition coefficient (Wildman–Crippen LogP) is 1.16. The van der Waals surface area contributed by atoms with Crippen LogP contribution in [0.1, 0.15) is 0 Å². The standard InChI is InChI=1S/C5H7NO2S/c1-7-4-3-9-5(6-4)8-2/h3H,1-2H3. The molecule has 0 saturated carbocycles. The Balaban J connectivity index is 2.74. The number of rotatable bonds is 2. The van der Waals surface area contributed by atoms with E-state index in [0.717, 1.165) is 0 Å². The van der Waals surface area contributed by atoms with Crippen molar-refractivity contribution in [1.82, 2.24) is 4.98 Å². The molecule has 0 N–H and O–H groups in total. The Bertz CT molecular complexity index is 168. The van der Waals surface area contributed by atoms with Crippen LogP contribution in [0, 0.1) is 0 Å². The highest BCUT2D eigenvalue weighted by atomic mass is 32.1. The Morgan fingerprint density at radius 2 is 2.22 bits per heavy atom. The highest BCUT2D eigenvalue weighted by Crippen LogP contribution is 2.21. The lowest BCUT2D eigenvalue weighted by Gasteiger charge is -1.88. The molecule has 1 aromatic rings. The molecule has 0 aliphatic heterocycles. The van der Waals surface area contributed by atoms with Crippen molar-refractivity contribution in [2.24, 2.45) is 0 Å². The van der Waals surface area contributed by atoms with Crippen LogP contribution in [0.15, 0.2) is 5.38 Å². The zero-order valence-corrected chi connectivity index (χ0v) is 6.07. The van der Waals surface area contributed by atoms with Gasteiger partial charge < -0.3 is 9.47 Å². The third kappa shape index (κ3) is 1.32. The van der Waals surface area contributed by atoms with Crippen LogP contribution in [0.2, 0.25) is 0 Å². The van der Waals surface area contributed by atoms with Gasteiger partial charge in [-0.05, 0) is 0 Å². The maximum absolute atomic E-state index is 4.82. The summed E-state index contributed by atoms with van der Waals surface area (Å²) in [6.07, 6.45) is 0. The lowest BCUT2D eigenvalue weighted by atomic mass is 10.9. The maximum Gasteiger partial charge on any atom is 0.276 e. The quantitative estimate of drug-likeness (QED) is 0.625. The Hall–Kier alpha value is -0.770. The number of nitrogens with zero attached hydrogens (tertiary/aromatic N) is 1. The van der Waals surface area contributed by atoms with Gasteiger partial charge in [0.15, 0.2) is 0 Å². The summed E-state index contributed by atoms with van der Waals surface area (Å²) in [6, 6.07) is 0. The highest BCUT2D eigenvalue weighted by molar-refractivity contribution is 7.11. The molecular weight excluding hydrogens is 138 g/mol. The summed E-state index contributed by atoms with van der Waals surface area (Å²) < 4.78 is 9.64. The molecule has 0 spiro atoms. The van der Waals surface area contributed by atoms with E-state index in [9.17, 15) is 0 Å². The van der Waals surface area contributed by atoms with Crippen molar-refractivity contribution in [3.63, 3.8) is 0 Å². The summed E-state index contributed by atoms with van der Waals surface area (Å²) >= 11 is 1.42. The normalized spacial score (nSPS) is 9.11. The Kier molecular flexibility index (Phi) is 1.89. The predicted molar refractivity (Wildman–Crippen MR) is 35.2 cm³/mol. The van der Waals surface area contributed by atoms with Gasteiger partial charge in [-0.3, -0.25) is 0 Å². The molecule has 0 aliphatic rings. The van der Waals surface area contributed by atoms with E-state index in [-0.39, 0.29) is 0 Å². The minimum atomic E-state index is 0.608. The zero-order valence-electron chi connectivity index (χ0n) is 5.25. The minimum absolute atomic E-state index is 0.608. The van der Waals surface area contributed by atoms with Gasteiger partial charge in [-0.2, -0.15) is 4.98 Å². The molecule has 0 amide bonds. The van der Waals surface area contributed by atoms with Gasteiger partial charge in [-0.15, -0.1) is 0 Å². The van der Waals surface area contributed by atoms with Gasteiger partial charge >= 0.3 is 0 Å². The number of methoxy groups -OCH3 is 2. The van der Waals surface area contributed by atoms with Crippen LogP contribution in [0.25, 0.3) is 0 Å². The Morgan fingerprint density at radius 3 is 2.56 bits per heavy atom. The average Bonchev–Trinajstić information content (AvgIpc) is 2.34. The van der Waals surface area contributed by atoms with Crippen molar-refractivity contribution in [3.8, 4) is 11.1 Å². The van der Waals surface area contributed by atoms with Crippen LogP contribution in [0.3, 0.4) is 0 Å². The van der Waals surface area contributed by atoms with Crippen LogP contribution in [-0.2, 0) is 0 Å². The van der Waals surface area contributed by atoms with Crippen LogP contribution >= 0.6 is 11.3 Å². The summed E-state index contributed by atoms with van der Waals surface area (Å²) in [5, 5.41) is 2.42. The van der Waals surface area contributed by atoms with Gasteiger partial charge in [0.2, 0.25) is 5.88 Å². The smallest absolute Gasteiger partial charge is 0.276 e. The fourth-order valence-electron chi connectivity index (χ4n) is 0.431. The van der Waals surface area contributed by atoms with Crippen molar-refractivity contribution < 1.29 is 9.47 Å². The van der Waals surface area contributed by atoms with E-state index in [4.69, 9.17) is 9.47 Å². The molecule has 1 heterocycles. The van der Waals surface area contributed by atoms with E-state index in [1.165, 1.54) is 11.3 Å². The van der Waals surface area contributed by atoms with Crippen molar-refractivity contribution in [3.05, 3.63) is 5.38 Å². The van der Waals surface area contributed by atoms with Crippen molar-refractivity contribution >= 4 is 11.3 Å². The average molecular weight is 145 g/mol. The van der Waals surface area contributed by atoms with Crippen molar-refractivity contribution in [2.45, 2.75) is 0 Å². The zero-order chi connectivity index (χ0) is 6.69. The summed E-state index contributed by atoms with van der Waals surface area (Å²) in [6.45, 7) is 0. The maximum atomic E-state index is 4.82. The van der Waals surface area contributed by atoms with Crippen LogP contribution in [-0.4, -0.2) is 19.2 Å². The Labute approximate surface area is 57.2 Å². The van der Waals surface area contributed by atoms with Gasteiger partial charge in [0, 0.05) is 0 Å². The van der Waals surface area contributed by atoms with Crippen LogP contribution in [0.4, 0.5) is 0 Å². The molecule has 50 valence electrons. The number of thiazole rings is 1. The summed E-state index contributed by atoms with van der Waals surface area (Å²) in [7, 11) is 3.16. The molecule has 0 bridgehead atoms. The lowest BCUT2D eigenvalue weighted by Crippen LogP contribution is -1.83. The molecule has 0 aromatic carbocycles. The van der Waals surface area contributed by atoms with Crippen LogP contribution in [0.5, 0.6) is 11.1 Å². The molecule has 0 saturated heterocycles. The molecule has 0 unspecified atom stereocenters. The topological polar surface area (TPSA) is 31.4 Å². The molecule has 3 nitrogen and oxygen atoms in total. The third-order valence-corrected chi connectivity index (χ3v) is 1.62. The summed E-state index contributed by atoms with van der Waals surface area (Å²) in [5.41, 5.74) is 0. The van der Waals surface area contributed by atoms with E-state index in [0.29, 0.717) is 11.1 Å². The fourth-order valence-corrected chi connectivity index (χ4v) is 1.02. The van der Waals surface area contributed by atoms with Gasteiger partial charge in [0.1, 0.15) is 0 Å². The van der Waals surface area contributed by atoms with Crippen LogP contribution < -0.4 is 9.47 Å². The second-order valence-corrected chi connectivity index (χ2v) is 2.18. The monoisotopic (exact) mass is 145 g/mol. The molecule has 4 heteroatoms. The molecule has 0 aliphatic carbocycles. The number of aromatic nitrogens is 1. The first kappa shape index (κ1) is 6.35. The minimum Gasteiger partial charge on any atom is -0.480 e. The van der Waals surface area contributed by atoms with E-state index in [1.54, 1.807) is 19.6 Å². The number of hydrogen-bond acceptors (Lipinski definition) is 4. The lowest BCUT2D eigenvalue weighted by molar-refractivity contribution is 0.377. The summed E-state index contributed by atoms with van der Waals surface area (Å²) in [5.74, 6) is 0.608. The van der Waals surface area contributed by atoms with Gasteiger partial charge in [0.25, 0.3) is 5.19 Å². The first-order valence-corrected chi connectivity index (χ1v) is 3.28. The molecule has 9 heavy (non-hydrogen) atoms. The molecule has 1 aromatic heterocycles. The van der Waals surface area contributed by atoms with E-state index >= 15 is 0 Å². The number of ether oxygens (including phenoxy) is 2. The first-order chi connectivity index (χ1) is 4.36. The first-order valence-electron chi connectivity index (χ1n) is 2.40. The molecule has 0 atom stereocenters. The molecule has 1 rings (SSSR count). The third-order valence-electron chi connectivity index (χ3n) is 0.846. The van der Waals surface area contributed by atoms with Gasteiger partial charge in [-0.25, -0.2) is 0 Å². The van der Waals surface area contributed by atoms with Crippen molar-refractivity contribution in [2.75, 3.05) is 14.2 Å². The van der Waals surface area contributed by atoms with E-state index in [1.807, 2.05) is 0 Å². The van der Waals surface area contributed by atoms with Gasteiger partial charge in [0.05, 0.1) is 19.6 Å². The van der Waals surface area contributed by atoms with Gasteiger partial charge in [-0.1, -0.05) is 11.3 Å². The second kappa shape index (κ2) is 2.68. The van der Waals surface area contributed by atoms with E-state index in [2.05, 4.69) is 4.98 Å². The fraction of sp³-hybridized carbons (Fsp3) is 0.400. The summed E-state index contributed by atoms with van der Waals surface area (Å²) in [4.78, 5) is 3.92.